The molecule has 2 atom stereocenters. The molecule has 1 N–H and O–H groups in total. The summed E-state index contributed by atoms with van der Waals surface area (Å²) in [5.74, 6) is 0.356. The van der Waals surface area contributed by atoms with E-state index in [9.17, 15) is 4.79 Å². The van der Waals surface area contributed by atoms with Crippen LogP contribution < -0.4 is 5.32 Å². The summed E-state index contributed by atoms with van der Waals surface area (Å²) in [6, 6.07) is 9.44. The summed E-state index contributed by atoms with van der Waals surface area (Å²) in [5, 5.41) is 3.66. The number of benzene rings is 1. The summed E-state index contributed by atoms with van der Waals surface area (Å²) in [6.07, 6.45) is 5.61. The second kappa shape index (κ2) is 5.10. The number of rotatable bonds is 2. The molecular formula is C17H21BrN2O. The van der Waals surface area contributed by atoms with E-state index in [-0.39, 0.29) is 5.41 Å². The summed E-state index contributed by atoms with van der Waals surface area (Å²) >= 11 is 3.53. The van der Waals surface area contributed by atoms with Crippen molar-refractivity contribution >= 4 is 21.8 Å². The van der Waals surface area contributed by atoms with Crippen molar-refractivity contribution in [3.05, 3.63) is 34.3 Å². The Bertz CT molecular complexity index is 570. The van der Waals surface area contributed by atoms with E-state index in [0.29, 0.717) is 18.0 Å². The maximum atomic E-state index is 13.1. The molecule has 2 aliphatic heterocycles. The van der Waals surface area contributed by atoms with Crippen molar-refractivity contribution in [2.75, 3.05) is 13.1 Å². The number of halogens is 1. The van der Waals surface area contributed by atoms with Crippen molar-refractivity contribution in [3.8, 4) is 0 Å². The number of nitrogens with one attached hydrogen (secondary N) is 1. The largest absolute Gasteiger partial charge is 0.340 e. The van der Waals surface area contributed by atoms with Gasteiger partial charge in [-0.25, -0.2) is 0 Å². The normalized spacial score (nSPS) is 30.0. The minimum absolute atomic E-state index is 0.229. The van der Waals surface area contributed by atoms with Gasteiger partial charge in [0.1, 0.15) is 0 Å². The van der Waals surface area contributed by atoms with Crippen LogP contribution in [0.2, 0.25) is 0 Å². The van der Waals surface area contributed by atoms with Gasteiger partial charge >= 0.3 is 0 Å². The number of amides is 1. The van der Waals surface area contributed by atoms with Crippen LogP contribution in [0.3, 0.4) is 0 Å². The lowest BCUT2D eigenvalue weighted by Crippen LogP contribution is -2.44. The van der Waals surface area contributed by atoms with E-state index in [4.69, 9.17) is 0 Å². The zero-order chi connectivity index (χ0) is 14.4. The zero-order valence-corrected chi connectivity index (χ0v) is 13.7. The molecule has 0 radical (unpaired) electrons. The molecule has 4 heteroatoms. The highest BCUT2D eigenvalue weighted by atomic mass is 79.9. The van der Waals surface area contributed by atoms with Gasteiger partial charge in [-0.05, 0) is 49.8 Å². The Hall–Kier alpha value is -0.870. The minimum Gasteiger partial charge on any atom is -0.340 e. The summed E-state index contributed by atoms with van der Waals surface area (Å²) in [6.45, 7) is 1.81. The molecule has 3 fully saturated rings. The van der Waals surface area contributed by atoms with Crippen LogP contribution >= 0.6 is 15.9 Å². The quantitative estimate of drug-likeness (QED) is 0.891. The van der Waals surface area contributed by atoms with Gasteiger partial charge in [0.2, 0.25) is 5.91 Å². The summed E-state index contributed by atoms with van der Waals surface area (Å²) in [5.41, 5.74) is 0.956. The summed E-state index contributed by atoms with van der Waals surface area (Å²) < 4.78 is 1.07. The standard InChI is InChI=1S/C17H21BrN2O/c18-13-3-1-2-12(10-13)17(7-8-17)16(21)20-9-6-14-4-5-15(11-20)19-14/h1-3,10,14-15,19H,4-9,11H2. The van der Waals surface area contributed by atoms with Gasteiger partial charge in [-0.1, -0.05) is 28.1 Å². The van der Waals surface area contributed by atoms with Crippen LogP contribution in [0.25, 0.3) is 0 Å². The first-order valence-electron chi connectivity index (χ1n) is 7.99. The van der Waals surface area contributed by atoms with Crippen molar-refractivity contribution in [2.24, 2.45) is 0 Å². The van der Waals surface area contributed by atoms with Gasteiger partial charge < -0.3 is 10.2 Å². The Balaban J connectivity index is 1.56. The smallest absolute Gasteiger partial charge is 0.233 e. The maximum Gasteiger partial charge on any atom is 0.233 e. The van der Waals surface area contributed by atoms with Gasteiger partial charge in [0.25, 0.3) is 0 Å². The van der Waals surface area contributed by atoms with Crippen LogP contribution in [0.5, 0.6) is 0 Å². The molecule has 2 unspecified atom stereocenters. The van der Waals surface area contributed by atoms with Crippen LogP contribution in [0.1, 0.15) is 37.7 Å². The molecule has 1 aromatic carbocycles. The fourth-order valence-corrected chi connectivity index (χ4v) is 4.37. The molecular weight excluding hydrogens is 328 g/mol. The van der Waals surface area contributed by atoms with E-state index in [1.807, 2.05) is 12.1 Å². The molecule has 112 valence electrons. The molecule has 1 amide bonds. The molecule has 2 bridgehead atoms. The second-order valence-corrected chi connectivity index (χ2v) is 7.69. The minimum atomic E-state index is -0.229. The van der Waals surface area contributed by atoms with Gasteiger partial charge in [0.15, 0.2) is 0 Å². The van der Waals surface area contributed by atoms with Gasteiger partial charge in [-0.2, -0.15) is 0 Å². The Kier molecular flexibility index (Phi) is 3.34. The van der Waals surface area contributed by atoms with Crippen molar-refractivity contribution in [3.63, 3.8) is 0 Å². The number of fused-ring (bicyclic) bond motifs is 2. The Morgan fingerprint density at radius 2 is 2.05 bits per heavy atom. The van der Waals surface area contributed by atoms with Crippen LogP contribution in [0.15, 0.2) is 28.7 Å². The molecule has 1 saturated carbocycles. The fourth-order valence-electron chi connectivity index (χ4n) is 3.97. The third-order valence-electron chi connectivity index (χ3n) is 5.35. The van der Waals surface area contributed by atoms with Crippen LogP contribution in [0.4, 0.5) is 0 Å². The highest BCUT2D eigenvalue weighted by Gasteiger charge is 2.53. The van der Waals surface area contributed by atoms with Crippen LogP contribution in [0, 0.1) is 0 Å². The lowest BCUT2D eigenvalue weighted by atomic mass is 9.93. The average Bonchev–Trinajstić information content (AvgIpc) is 3.19. The van der Waals surface area contributed by atoms with E-state index in [1.165, 1.54) is 18.4 Å². The van der Waals surface area contributed by atoms with Gasteiger partial charge in [-0.15, -0.1) is 0 Å². The third kappa shape index (κ3) is 2.42. The Morgan fingerprint density at radius 1 is 1.24 bits per heavy atom. The molecule has 1 aromatic rings. The second-order valence-electron chi connectivity index (χ2n) is 6.77. The highest BCUT2D eigenvalue weighted by Crippen LogP contribution is 2.50. The number of nitrogens with zero attached hydrogens (tertiary/aromatic N) is 1. The van der Waals surface area contributed by atoms with E-state index < -0.39 is 0 Å². The van der Waals surface area contributed by atoms with Crippen molar-refractivity contribution in [2.45, 2.75) is 49.6 Å². The number of carbonyl (C=O) groups is 1. The van der Waals surface area contributed by atoms with Gasteiger partial charge in [0.05, 0.1) is 5.41 Å². The van der Waals surface area contributed by atoms with Gasteiger partial charge in [-0.3, -0.25) is 4.79 Å². The first-order chi connectivity index (χ1) is 10.2. The Labute approximate surface area is 134 Å². The number of hydrogen-bond acceptors (Lipinski definition) is 2. The predicted molar refractivity (Wildman–Crippen MR) is 86.2 cm³/mol. The van der Waals surface area contributed by atoms with Crippen molar-refractivity contribution < 1.29 is 4.79 Å². The van der Waals surface area contributed by atoms with Gasteiger partial charge in [0, 0.05) is 29.6 Å². The monoisotopic (exact) mass is 348 g/mol. The van der Waals surface area contributed by atoms with Crippen LogP contribution in [-0.4, -0.2) is 36.0 Å². The predicted octanol–water partition coefficient (Wildman–Crippen LogP) is 2.83. The first kappa shape index (κ1) is 13.8. The summed E-state index contributed by atoms with van der Waals surface area (Å²) in [4.78, 5) is 15.2. The summed E-state index contributed by atoms with van der Waals surface area (Å²) in [7, 11) is 0. The topological polar surface area (TPSA) is 32.3 Å². The number of carbonyl (C=O) groups excluding carboxylic acids is 1. The maximum absolute atomic E-state index is 13.1. The molecule has 21 heavy (non-hydrogen) atoms. The SMILES string of the molecule is O=C(N1CCC2CCC(C1)N2)C1(c2cccc(Br)c2)CC1. The average molecular weight is 349 g/mol. The lowest BCUT2D eigenvalue weighted by molar-refractivity contribution is -0.134. The highest BCUT2D eigenvalue weighted by molar-refractivity contribution is 9.10. The van der Waals surface area contributed by atoms with Crippen LogP contribution in [-0.2, 0) is 10.2 Å². The molecule has 3 nitrogen and oxygen atoms in total. The van der Waals surface area contributed by atoms with Crippen molar-refractivity contribution in [1.82, 2.24) is 10.2 Å². The lowest BCUT2D eigenvalue weighted by Gasteiger charge is -2.29. The third-order valence-corrected chi connectivity index (χ3v) is 5.84. The molecule has 0 spiro atoms. The first-order valence-corrected chi connectivity index (χ1v) is 8.78. The van der Waals surface area contributed by atoms with E-state index in [1.54, 1.807) is 0 Å². The molecule has 2 saturated heterocycles. The van der Waals surface area contributed by atoms with Crippen molar-refractivity contribution in [1.29, 1.82) is 0 Å². The van der Waals surface area contributed by atoms with E-state index in [2.05, 4.69) is 38.3 Å². The molecule has 4 rings (SSSR count). The molecule has 1 aliphatic carbocycles. The molecule has 0 aromatic heterocycles. The van der Waals surface area contributed by atoms with E-state index in [0.717, 1.165) is 36.8 Å². The Morgan fingerprint density at radius 3 is 2.81 bits per heavy atom. The fraction of sp³-hybridized carbons (Fsp3) is 0.588. The molecule has 2 heterocycles. The molecule has 3 aliphatic rings. The number of likely N-dealkylation sites (tertiary alicyclic amines) is 1. The number of hydrogen-bond donors (Lipinski definition) is 1. The zero-order valence-electron chi connectivity index (χ0n) is 12.1. The van der Waals surface area contributed by atoms with E-state index >= 15 is 0 Å².